The Hall–Kier alpha value is -1.16. The molecular weight excluding hydrogens is 241 g/mol. The lowest BCUT2D eigenvalue weighted by atomic mass is 9.99. The minimum atomic E-state index is -0.379. The molecule has 1 aromatic heterocycles. The van der Waals surface area contributed by atoms with E-state index in [4.69, 9.17) is 0 Å². The third-order valence-corrected chi connectivity index (χ3v) is 4.45. The van der Waals surface area contributed by atoms with Crippen LogP contribution >= 0.6 is 0 Å². The van der Waals surface area contributed by atoms with Gasteiger partial charge in [-0.05, 0) is 44.8 Å². The molecular formula is C15H22FN3. The highest BCUT2D eigenvalue weighted by molar-refractivity contribution is 5.45. The van der Waals surface area contributed by atoms with Crippen molar-refractivity contribution < 1.29 is 4.39 Å². The normalized spacial score (nSPS) is 22.7. The molecule has 3 heterocycles. The van der Waals surface area contributed by atoms with Crippen LogP contribution in [0.1, 0.15) is 32.1 Å². The average molecular weight is 263 g/mol. The zero-order chi connectivity index (χ0) is 13.1. The second kappa shape index (κ2) is 5.87. The van der Waals surface area contributed by atoms with Gasteiger partial charge in [0.05, 0.1) is 0 Å². The molecule has 2 aliphatic rings. The van der Waals surface area contributed by atoms with Crippen molar-refractivity contribution in [3.8, 4) is 0 Å². The zero-order valence-electron chi connectivity index (χ0n) is 11.4. The van der Waals surface area contributed by atoms with Gasteiger partial charge in [-0.15, -0.1) is 0 Å². The summed E-state index contributed by atoms with van der Waals surface area (Å²) in [6.07, 6.45) is 8.06. The molecule has 0 amide bonds. The molecule has 0 bridgehead atoms. The molecule has 104 valence electrons. The number of likely N-dealkylation sites (tertiary alicyclic amines) is 1. The Morgan fingerprint density at radius 2 is 1.79 bits per heavy atom. The Morgan fingerprint density at radius 3 is 2.47 bits per heavy atom. The predicted molar refractivity (Wildman–Crippen MR) is 74.9 cm³/mol. The van der Waals surface area contributed by atoms with Gasteiger partial charge in [-0.25, -0.2) is 4.98 Å². The largest absolute Gasteiger partial charge is 0.371 e. The molecule has 2 aliphatic heterocycles. The molecule has 2 saturated heterocycles. The van der Waals surface area contributed by atoms with E-state index < -0.39 is 0 Å². The lowest BCUT2D eigenvalue weighted by Gasteiger charge is -2.40. The molecule has 0 unspecified atom stereocenters. The van der Waals surface area contributed by atoms with Crippen molar-refractivity contribution in [1.29, 1.82) is 0 Å². The fourth-order valence-electron chi connectivity index (χ4n) is 3.36. The number of hydrogen-bond acceptors (Lipinski definition) is 3. The van der Waals surface area contributed by atoms with Crippen LogP contribution < -0.4 is 4.90 Å². The highest BCUT2D eigenvalue weighted by Gasteiger charge is 2.25. The van der Waals surface area contributed by atoms with E-state index in [1.165, 1.54) is 45.2 Å². The highest BCUT2D eigenvalue weighted by atomic mass is 19.1. The molecule has 19 heavy (non-hydrogen) atoms. The van der Waals surface area contributed by atoms with Crippen molar-refractivity contribution in [3.63, 3.8) is 0 Å². The van der Waals surface area contributed by atoms with E-state index >= 15 is 0 Å². The fraction of sp³-hybridized carbons (Fsp3) is 0.667. The summed E-state index contributed by atoms with van der Waals surface area (Å²) in [5.74, 6) is -0.379. The molecule has 0 radical (unpaired) electrons. The molecule has 0 spiro atoms. The smallest absolute Gasteiger partial charge is 0.214 e. The number of aromatic nitrogens is 1. The third kappa shape index (κ3) is 3.06. The molecule has 3 nitrogen and oxygen atoms in total. The Kier molecular flexibility index (Phi) is 3.97. The summed E-state index contributed by atoms with van der Waals surface area (Å²) in [4.78, 5) is 8.57. The van der Waals surface area contributed by atoms with Crippen LogP contribution in [0.2, 0.25) is 0 Å². The number of halogens is 1. The van der Waals surface area contributed by atoms with E-state index in [9.17, 15) is 4.39 Å². The first-order chi connectivity index (χ1) is 9.33. The summed E-state index contributed by atoms with van der Waals surface area (Å²) in [6.45, 7) is 4.61. The van der Waals surface area contributed by atoms with Gasteiger partial charge in [-0.3, -0.25) is 0 Å². The minimum absolute atomic E-state index is 0.379. The van der Waals surface area contributed by atoms with Crippen LogP contribution in [0.5, 0.6) is 0 Å². The maximum Gasteiger partial charge on any atom is 0.214 e. The Morgan fingerprint density at radius 1 is 1.05 bits per heavy atom. The van der Waals surface area contributed by atoms with Gasteiger partial charge in [0.1, 0.15) is 0 Å². The van der Waals surface area contributed by atoms with Gasteiger partial charge in [0.2, 0.25) is 5.95 Å². The van der Waals surface area contributed by atoms with Crippen LogP contribution in [0.15, 0.2) is 18.3 Å². The number of pyridine rings is 1. The van der Waals surface area contributed by atoms with E-state index in [1.54, 1.807) is 12.3 Å². The van der Waals surface area contributed by atoms with Crippen molar-refractivity contribution in [2.24, 2.45) is 0 Å². The number of nitrogens with zero attached hydrogens (tertiary/aromatic N) is 3. The quantitative estimate of drug-likeness (QED) is 0.765. The fourth-order valence-corrected chi connectivity index (χ4v) is 3.36. The highest BCUT2D eigenvalue weighted by Crippen LogP contribution is 2.24. The Labute approximate surface area is 114 Å². The molecule has 0 aliphatic carbocycles. The van der Waals surface area contributed by atoms with Gasteiger partial charge >= 0.3 is 0 Å². The number of rotatable bonds is 2. The second-order valence-corrected chi connectivity index (χ2v) is 5.65. The van der Waals surface area contributed by atoms with Crippen molar-refractivity contribution in [2.45, 2.75) is 38.1 Å². The average Bonchev–Trinajstić information content (AvgIpc) is 2.48. The van der Waals surface area contributed by atoms with Crippen LogP contribution in [0.3, 0.4) is 0 Å². The summed E-state index contributed by atoms with van der Waals surface area (Å²) >= 11 is 0. The van der Waals surface area contributed by atoms with Crippen molar-refractivity contribution in [3.05, 3.63) is 24.3 Å². The Balaban J connectivity index is 1.57. The maximum absolute atomic E-state index is 13.1. The van der Waals surface area contributed by atoms with Crippen molar-refractivity contribution >= 4 is 5.69 Å². The zero-order valence-corrected chi connectivity index (χ0v) is 11.4. The molecule has 0 saturated carbocycles. The number of hydrogen-bond donors (Lipinski definition) is 0. The summed E-state index contributed by atoms with van der Waals surface area (Å²) in [7, 11) is 0. The van der Waals surface area contributed by atoms with E-state index in [1.807, 2.05) is 6.07 Å². The van der Waals surface area contributed by atoms with E-state index in [0.717, 1.165) is 24.8 Å². The van der Waals surface area contributed by atoms with E-state index in [-0.39, 0.29) is 5.95 Å². The summed E-state index contributed by atoms with van der Waals surface area (Å²) in [6, 6.07) is 4.19. The number of anilines is 1. The first-order valence-corrected chi connectivity index (χ1v) is 7.43. The lowest BCUT2D eigenvalue weighted by molar-refractivity contribution is 0.141. The van der Waals surface area contributed by atoms with E-state index in [0.29, 0.717) is 0 Å². The maximum atomic E-state index is 13.1. The lowest BCUT2D eigenvalue weighted by Crippen LogP contribution is -2.46. The molecule has 3 rings (SSSR count). The van der Waals surface area contributed by atoms with Gasteiger partial charge < -0.3 is 9.80 Å². The minimum Gasteiger partial charge on any atom is -0.371 e. The summed E-state index contributed by atoms with van der Waals surface area (Å²) < 4.78 is 13.1. The predicted octanol–water partition coefficient (Wildman–Crippen LogP) is 2.68. The number of piperidine rings is 2. The standard InChI is InChI=1S/C15H22FN3/c16-15-12-14(4-7-17-15)19-10-5-13(6-11-19)18-8-2-1-3-9-18/h4,7,12-13H,1-3,5-6,8-11H2. The van der Waals surface area contributed by atoms with Crippen LogP contribution in [-0.4, -0.2) is 42.1 Å². The molecule has 1 aromatic rings. The molecule has 0 aromatic carbocycles. The second-order valence-electron chi connectivity index (χ2n) is 5.65. The molecule has 0 N–H and O–H groups in total. The van der Waals surface area contributed by atoms with E-state index in [2.05, 4.69) is 14.8 Å². The SMILES string of the molecule is Fc1cc(N2CCC(N3CCCCC3)CC2)ccn1. The van der Waals surface area contributed by atoms with Gasteiger partial charge in [-0.1, -0.05) is 6.42 Å². The first-order valence-electron chi connectivity index (χ1n) is 7.43. The van der Waals surface area contributed by atoms with Gasteiger partial charge in [0.25, 0.3) is 0 Å². The Bertz CT molecular complexity index is 410. The molecule has 2 fully saturated rings. The van der Waals surface area contributed by atoms with Crippen LogP contribution in [0.25, 0.3) is 0 Å². The first kappa shape index (κ1) is 12.9. The van der Waals surface area contributed by atoms with Crippen molar-refractivity contribution in [1.82, 2.24) is 9.88 Å². The van der Waals surface area contributed by atoms with Gasteiger partial charge in [-0.2, -0.15) is 4.39 Å². The summed E-state index contributed by atoms with van der Waals surface area (Å²) in [5, 5.41) is 0. The topological polar surface area (TPSA) is 19.4 Å². The van der Waals surface area contributed by atoms with Crippen LogP contribution in [0, 0.1) is 5.95 Å². The van der Waals surface area contributed by atoms with Crippen LogP contribution in [-0.2, 0) is 0 Å². The molecule has 4 heteroatoms. The monoisotopic (exact) mass is 263 g/mol. The molecule has 0 atom stereocenters. The van der Waals surface area contributed by atoms with Gasteiger partial charge in [0.15, 0.2) is 0 Å². The van der Waals surface area contributed by atoms with Gasteiger partial charge in [0, 0.05) is 37.1 Å². The van der Waals surface area contributed by atoms with Crippen LogP contribution in [0.4, 0.5) is 10.1 Å². The summed E-state index contributed by atoms with van der Waals surface area (Å²) in [5.41, 5.74) is 0.976. The third-order valence-electron chi connectivity index (χ3n) is 4.45. The van der Waals surface area contributed by atoms with Crippen molar-refractivity contribution in [2.75, 3.05) is 31.1 Å².